The maximum absolute atomic E-state index is 5.39. The molecule has 1 heterocycles. The summed E-state index contributed by atoms with van der Waals surface area (Å²) in [7, 11) is 3.36. The van der Waals surface area contributed by atoms with Crippen molar-refractivity contribution in [3.05, 3.63) is 53.7 Å². The second kappa shape index (κ2) is 6.59. The molecular weight excluding hydrogens is 354 g/mol. The molecule has 3 nitrogen and oxygen atoms in total. The van der Waals surface area contributed by atoms with Gasteiger partial charge in [-0.15, -0.1) is 0 Å². The van der Waals surface area contributed by atoms with Crippen molar-refractivity contribution in [1.82, 2.24) is 4.98 Å². The standard InChI is InChI=1S/C19H18BrNO2/c1-12-17(11-20)19(13-4-6-14(22-2)7-5-13)16-10-15(23-3)8-9-18(16)21-12/h4-10H,11H2,1-3H3. The number of fused-ring (bicyclic) bond motifs is 1. The van der Waals surface area contributed by atoms with Crippen LogP contribution < -0.4 is 9.47 Å². The summed E-state index contributed by atoms with van der Waals surface area (Å²) in [5.74, 6) is 1.68. The van der Waals surface area contributed by atoms with Crippen LogP contribution in [0.2, 0.25) is 0 Å². The Morgan fingerprint density at radius 1 is 0.957 bits per heavy atom. The van der Waals surface area contributed by atoms with E-state index in [-0.39, 0.29) is 0 Å². The normalized spacial score (nSPS) is 10.8. The Balaban J connectivity index is 2.33. The highest BCUT2D eigenvalue weighted by atomic mass is 79.9. The van der Waals surface area contributed by atoms with E-state index < -0.39 is 0 Å². The summed E-state index contributed by atoms with van der Waals surface area (Å²) in [6, 6.07) is 14.1. The zero-order valence-corrected chi connectivity index (χ0v) is 15.0. The van der Waals surface area contributed by atoms with Crippen molar-refractivity contribution < 1.29 is 9.47 Å². The van der Waals surface area contributed by atoms with Crippen LogP contribution in [0.25, 0.3) is 22.0 Å². The van der Waals surface area contributed by atoms with Crippen molar-refractivity contribution in [3.63, 3.8) is 0 Å². The molecule has 0 radical (unpaired) electrons. The molecule has 0 saturated heterocycles. The lowest BCUT2D eigenvalue weighted by atomic mass is 9.95. The Kier molecular flexibility index (Phi) is 4.53. The number of rotatable bonds is 4. The fourth-order valence-electron chi connectivity index (χ4n) is 2.78. The van der Waals surface area contributed by atoms with Gasteiger partial charge in [0, 0.05) is 16.4 Å². The van der Waals surface area contributed by atoms with Crippen LogP contribution in [0.5, 0.6) is 11.5 Å². The summed E-state index contributed by atoms with van der Waals surface area (Å²) in [5.41, 5.74) is 5.52. The van der Waals surface area contributed by atoms with E-state index >= 15 is 0 Å². The monoisotopic (exact) mass is 371 g/mol. The van der Waals surface area contributed by atoms with Gasteiger partial charge in [-0.05, 0) is 53.9 Å². The molecule has 23 heavy (non-hydrogen) atoms. The number of ether oxygens (including phenoxy) is 2. The zero-order chi connectivity index (χ0) is 16.4. The minimum Gasteiger partial charge on any atom is -0.497 e. The Bertz CT molecular complexity index is 844. The molecule has 118 valence electrons. The molecule has 0 aliphatic heterocycles. The fourth-order valence-corrected chi connectivity index (χ4v) is 3.47. The van der Waals surface area contributed by atoms with Crippen molar-refractivity contribution in [1.29, 1.82) is 0 Å². The van der Waals surface area contributed by atoms with Gasteiger partial charge in [0.2, 0.25) is 0 Å². The number of nitrogens with zero attached hydrogens (tertiary/aromatic N) is 1. The largest absolute Gasteiger partial charge is 0.497 e. The van der Waals surface area contributed by atoms with E-state index in [2.05, 4.69) is 28.1 Å². The van der Waals surface area contributed by atoms with E-state index in [4.69, 9.17) is 14.5 Å². The summed E-state index contributed by atoms with van der Waals surface area (Å²) < 4.78 is 10.7. The van der Waals surface area contributed by atoms with Crippen LogP contribution in [0.1, 0.15) is 11.3 Å². The lowest BCUT2D eigenvalue weighted by Gasteiger charge is -2.15. The smallest absolute Gasteiger partial charge is 0.119 e. The average molecular weight is 372 g/mol. The number of hydrogen-bond donors (Lipinski definition) is 0. The molecule has 0 aliphatic carbocycles. The van der Waals surface area contributed by atoms with Gasteiger partial charge in [-0.25, -0.2) is 0 Å². The van der Waals surface area contributed by atoms with Crippen LogP contribution >= 0.6 is 15.9 Å². The Morgan fingerprint density at radius 2 is 1.61 bits per heavy atom. The van der Waals surface area contributed by atoms with E-state index in [9.17, 15) is 0 Å². The first-order valence-corrected chi connectivity index (χ1v) is 8.47. The zero-order valence-electron chi connectivity index (χ0n) is 13.4. The maximum Gasteiger partial charge on any atom is 0.119 e. The first-order valence-electron chi connectivity index (χ1n) is 7.35. The van der Waals surface area contributed by atoms with Crippen LogP contribution in [-0.4, -0.2) is 19.2 Å². The third-order valence-electron chi connectivity index (χ3n) is 4.01. The van der Waals surface area contributed by atoms with Gasteiger partial charge in [0.05, 0.1) is 19.7 Å². The predicted molar refractivity (Wildman–Crippen MR) is 97.7 cm³/mol. The molecule has 3 rings (SSSR count). The number of hydrogen-bond acceptors (Lipinski definition) is 3. The number of aromatic nitrogens is 1. The molecule has 0 aliphatic rings. The van der Waals surface area contributed by atoms with E-state index in [0.717, 1.165) is 39.0 Å². The minimum absolute atomic E-state index is 0.750. The summed E-state index contributed by atoms with van der Waals surface area (Å²) in [6.45, 7) is 2.05. The average Bonchev–Trinajstić information content (AvgIpc) is 2.60. The number of alkyl halides is 1. The van der Waals surface area contributed by atoms with Gasteiger partial charge in [0.15, 0.2) is 0 Å². The van der Waals surface area contributed by atoms with Crippen LogP contribution in [0.4, 0.5) is 0 Å². The molecular formula is C19H18BrNO2. The highest BCUT2D eigenvalue weighted by Crippen LogP contribution is 2.36. The van der Waals surface area contributed by atoms with Gasteiger partial charge in [-0.2, -0.15) is 0 Å². The molecule has 0 N–H and O–H groups in total. The van der Waals surface area contributed by atoms with Gasteiger partial charge in [-0.1, -0.05) is 28.1 Å². The molecule has 0 fully saturated rings. The van der Waals surface area contributed by atoms with Crippen molar-refractivity contribution in [2.45, 2.75) is 12.3 Å². The Hall–Kier alpha value is -2.07. The molecule has 0 saturated carbocycles. The van der Waals surface area contributed by atoms with Gasteiger partial charge in [-0.3, -0.25) is 4.98 Å². The summed E-state index contributed by atoms with van der Waals surface area (Å²) >= 11 is 3.61. The number of halogens is 1. The molecule has 0 amide bonds. The number of benzene rings is 2. The highest BCUT2D eigenvalue weighted by Gasteiger charge is 2.14. The highest BCUT2D eigenvalue weighted by molar-refractivity contribution is 9.08. The summed E-state index contributed by atoms with van der Waals surface area (Å²) in [4.78, 5) is 4.73. The topological polar surface area (TPSA) is 31.4 Å². The molecule has 1 aromatic heterocycles. The van der Waals surface area contributed by atoms with Crippen LogP contribution in [-0.2, 0) is 5.33 Å². The first-order chi connectivity index (χ1) is 11.2. The molecule has 3 aromatic rings. The number of pyridine rings is 1. The van der Waals surface area contributed by atoms with Crippen molar-refractivity contribution >= 4 is 26.8 Å². The van der Waals surface area contributed by atoms with E-state index in [1.54, 1.807) is 14.2 Å². The van der Waals surface area contributed by atoms with Gasteiger partial charge < -0.3 is 9.47 Å². The second-order valence-corrected chi connectivity index (χ2v) is 5.86. The molecule has 0 spiro atoms. The lowest BCUT2D eigenvalue weighted by molar-refractivity contribution is 0.415. The second-order valence-electron chi connectivity index (χ2n) is 5.30. The van der Waals surface area contributed by atoms with E-state index in [0.29, 0.717) is 0 Å². The Labute approximate surface area is 144 Å². The van der Waals surface area contributed by atoms with E-state index in [1.807, 2.05) is 37.3 Å². The molecule has 4 heteroatoms. The molecule has 0 bridgehead atoms. The predicted octanol–water partition coefficient (Wildman–Crippen LogP) is 5.12. The van der Waals surface area contributed by atoms with Gasteiger partial charge in [0.25, 0.3) is 0 Å². The molecule has 0 unspecified atom stereocenters. The first kappa shape index (κ1) is 15.8. The summed E-state index contributed by atoms with van der Waals surface area (Å²) in [6.07, 6.45) is 0. The maximum atomic E-state index is 5.39. The SMILES string of the molecule is COc1ccc(-c2c(CBr)c(C)nc3ccc(OC)cc23)cc1. The number of methoxy groups -OCH3 is 2. The van der Waals surface area contributed by atoms with Crippen LogP contribution in [0.15, 0.2) is 42.5 Å². The van der Waals surface area contributed by atoms with Gasteiger partial charge in [0.1, 0.15) is 11.5 Å². The minimum atomic E-state index is 0.750. The lowest BCUT2D eigenvalue weighted by Crippen LogP contribution is -1.97. The molecule has 2 aromatic carbocycles. The van der Waals surface area contributed by atoms with Crippen LogP contribution in [0.3, 0.4) is 0 Å². The third kappa shape index (κ3) is 2.91. The fraction of sp³-hybridized carbons (Fsp3) is 0.211. The van der Waals surface area contributed by atoms with Gasteiger partial charge >= 0.3 is 0 Å². The summed E-state index contributed by atoms with van der Waals surface area (Å²) in [5, 5.41) is 1.84. The van der Waals surface area contributed by atoms with E-state index in [1.165, 1.54) is 11.1 Å². The number of aryl methyl sites for hydroxylation is 1. The Morgan fingerprint density at radius 3 is 2.22 bits per heavy atom. The third-order valence-corrected chi connectivity index (χ3v) is 4.57. The van der Waals surface area contributed by atoms with Crippen molar-refractivity contribution in [3.8, 4) is 22.6 Å². The van der Waals surface area contributed by atoms with Crippen molar-refractivity contribution in [2.24, 2.45) is 0 Å². The molecule has 0 atom stereocenters. The quantitative estimate of drug-likeness (QED) is 0.596. The van der Waals surface area contributed by atoms with Crippen molar-refractivity contribution in [2.75, 3.05) is 14.2 Å². The van der Waals surface area contributed by atoms with Crippen LogP contribution in [0, 0.1) is 6.92 Å².